The molecule has 0 saturated carbocycles. The van der Waals surface area contributed by atoms with Gasteiger partial charge in [0.1, 0.15) is 5.01 Å². The van der Waals surface area contributed by atoms with Crippen LogP contribution in [0.15, 0.2) is 48.1 Å². The minimum atomic E-state index is 0.0135. The molecule has 2 aromatic heterocycles. The van der Waals surface area contributed by atoms with Gasteiger partial charge in [-0.25, -0.2) is 4.98 Å². The number of rotatable bonds is 5. The average molecular weight is 337 g/mol. The van der Waals surface area contributed by atoms with Crippen LogP contribution in [-0.2, 0) is 11.2 Å². The van der Waals surface area contributed by atoms with Crippen molar-refractivity contribution in [1.29, 1.82) is 0 Å². The molecule has 0 fully saturated rings. The molecule has 0 aliphatic heterocycles. The lowest BCUT2D eigenvalue weighted by Gasteiger charge is -2.09. The lowest BCUT2D eigenvalue weighted by molar-refractivity contribution is -0.116. The summed E-state index contributed by atoms with van der Waals surface area (Å²) in [6.07, 6.45) is 4.60. The van der Waals surface area contributed by atoms with Crippen molar-refractivity contribution in [3.8, 4) is 10.6 Å². The number of aromatic nitrogens is 2. The molecule has 2 heterocycles. The van der Waals surface area contributed by atoms with Gasteiger partial charge in [-0.2, -0.15) is 0 Å². The number of hydrogen-bond donors (Lipinski definition) is 1. The topological polar surface area (TPSA) is 54.9 Å². The van der Waals surface area contributed by atoms with Gasteiger partial charge in [0.2, 0.25) is 5.91 Å². The summed E-state index contributed by atoms with van der Waals surface area (Å²) in [7, 11) is 0. The van der Waals surface area contributed by atoms with Gasteiger partial charge in [-0.05, 0) is 49.6 Å². The number of pyridine rings is 1. The summed E-state index contributed by atoms with van der Waals surface area (Å²) in [4.78, 5) is 20.9. The van der Waals surface area contributed by atoms with Crippen LogP contribution in [0.25, 0.3) is 10.6 Å². The highest BCUT2D eigenvalue weighted by Gasteiger charge is 2.09. The lowest BCUT2D eigenvalue weighted by Crippen LogP contribution is -2.13. The average Bonchev–Trinajstić information content (AvgIpc) is 3.07. The SMILES string of the molecule is Cc1cccc(NC(=O)CCc2csc(-c3cccnc3)n2)c1C. The number of carbonyl (C=O) groups is 1. The largest absolute Gasteiger partial charge is 0.326 e. The van der Waals surface area contributed by atoms with Crippen LogP contribution >= 0.6 is 11.3 Å². The predicted molar refractivity (Wildman–Crippen MR) is 98.2 cm³/mol. The smallest absolute Gasteiger partial charge is 0.224 e. The molecule has 5 heteroatoms. The van der Waals surface area contributed by atoms with Crippen molar-refractivity contribution in [2.45, 2.75) is 26.7 Å². The fourth-order valence-electron chi connectivity index (χ4n) is 2.38. The minimum absolute atomic E-state index is 0.0135. The molecule has 1 amide bonds. The summed E-state index contributed by atoms with van der Waals surface area (Å²) in [6.45, 7) is 4.06. The second kappa shape index (κ2) is 7.36. The monoisotopic (exact) mass is 337 g/mol. The number of nitrogens with one attached hydrogen (secondary N) is 1. The molecule has 0 saturated heterocycles. The number of nitrogens with zero attached hydrogens (tertiary/aromatic N) is 2. The van der Waals surface area contributed by atoms with E-state index in [1.165, 1.54) is 5.56 Å². The third-order valence-electron chi connectivity index (χ3n) is 3.95. The van der Waals surface area contributed by atoms with E-state index in [4.69, 9.17) is 0 Å². The highest BCUT2D eigenvalue weighted by Crippen LogP contribution is 2.23. The first-order valence-electron chi connectivity index (χ1n) is 7.84. The Morgan fingerprint density at radius 2 is 2.08 bits per heavy atom. The van der Waals surface area contributed by atoms with Gasteiger partial charge in [-0.15, -0.1) is 11.3 Å². The zero-order valence-electron chi connectivity index (χ0n) is 13.7. The van der Waals surface area contributed by atoms with Gasteiger partial charge >= 0.3 is 0 Å². The number of thiazole rings is 1. The highest BCUT2D eigenvalue weighted by molar-refractivity contribution is 7.13. The van der Waals surface area contributed by atoms with Crippen molar-refractivity contribution in [3.05, 3.63) is 64.9 Å². The standard InChI is InChI=1S/C19H19N3OS/c1-13-5-3-7-17(14(13)2)22-18(23)9-8-16-12-24-19(21-16)15-6-4-10-20-11-15/h3-7,10-12H,8-9H2,1-2H3,(H,22,23). The number of hydrogen-bond acceptors (Lipinski definition) is 4. The summed E-state index contributed by atoms with van der Waals surface area (Å²) in [5.41, 5.74) is 5.12. The maximum atomic E-state index is 12.2. The Morgan fingerprint density at radius 3 is 2.88 bits per heavy atom. The van der Waals surface area contributed by atoms with E-state index in [0.29, 0.717) is 12.8 Å². The Hall–Kier alpha value is -2.53. The van der Waals surface area contributed by atoms with E-state index in [1.54, 1.807) is 23.7 Å². The molecule has 24 heavy (non-hydrogen) atoms. The number of carbonyl (C=O) groups excluding carboxylic acids is 1. The molecule has 0 aliphatic rings. The van der Waals surface area contributed by atoms with E-state index in [-0.39, 0.29) is 5.91 Å². The zero-order valence-corrected chi connectivity index (χ0v) is 14.6. The molecule has 3 aromatic rings. The second-order valence-corrected chi connectivity index (χ2v) is 6.54. The number of anilines is 1. The van der Waals surface area contributed by atoms with Crippen molar-refractivity contribution in [3.63, 3.8) is 0 Å². The van der Waals surface area contributed by atoms with E-state index in [1.807, 2.05) is 49.6 Å². The van der Waals surface area contributed by atoms with Gasteiger partial charge < -0.3 is 5.32 Å². The summed E-state index contributed by atoms with van der Waals surface area (Å²) < 4.78 is 0. The van der Waals surface area contributed by atoms with Crippen LogP contribution in [0.2, 0.25) is 0 Å². The Bertz CT molecular complexity index is 843. The van der Waals surface area contributed by atoms with Gasteiger partial charge in [0.25, 0.3) is 0 Å². The van der Waals surface area contributed by atoms with Gasteiger partial charge in [-0.1, -0.05) is 12.1 Å². The van der Waals surface area contributed by atoms with Crippen LogP contribution < -0.4 is 5.32 Å². The molecule has 0 unspecified atom stereocenters. The van der Waals surface area contributed by atoms with Gasteiger partial charge in [0.15, 0.2) is 0 Å². The van der Waals surface area contributed by atoms with Crippen LogP contribution in [-0.4, -0.2) is 15.9 Å². The van der Waals surface area contributed by atoms with E-state index in [9.17, 15) is 4.79 Å². The minimum Gasteiger partial charge on any atom is -0.326 e. The van der Waals surface area contributed by atoms with Crippen molar-refractivity contribution in [2.75, 3.05) is 5.32 Å². The van der Waals surface area contributed by atoms with Crippen LogP contribution in [0, 0.1) is 13.8 Å². The fourth-order valence-corrected chi connectivity index (χ4v) is 3.23. The van der Waals surface area contributed by atoms with E-state index < -0.39 is 0 Å². The molecule has 0 bridgehead atoms. The molecule has 1 N–H and O–H groups in total. The van der Waals surface area contributed by atoms with Crippen molar-refractivity contribution in [2.24, 2.45) is 0 Å². The molecule has 122 valence electrons. The van der Waals surface area contributed by atoms with Crippen molar-refractivity contribution in [1.82, 2.24) is 9.97 Å². The van der Waals surface area contributed by atoms with E-state index in [2.05, 4.69) is 15.3 Å². The van der Waals surface area contributed by atoms with Crippen LogP contribution in [0.1, 0.15) is 23.2 Å². The van der Waals surface area contributed by atoms with Crippen molar-refractivity contribution < 1.29 is 4.79 Å². The highest BCUT2D eigenvalue weighted by atomic mass is 32.1. The molecule has 3 rings (SSSR count). The summed E-state index contributed by atoms with van der Waals surface area (Å²) in [6, 6.07) is 9.82. The normalized spacial score (nSPS) is 10.6. The Kier molecular flexibility index (Phi) is 5.01. The van der Waals surface area contributed by atoms with Crippen LogP contribution in [0.4, 0.5) is 5.69 Å². The molecule has 4 nitrogen and oxygen atoms in total. The van der Waals surface area contributed by atoms with Crippen molar-refractivity contribution >= 4 is 22.9 Å². The third kappa shape index (κ3) is 3.86. The lowest BCUT2D eigenvalue weighted by atomic mass is 10.1. The molecule has 1 aromatic carbocycles. The molecule has 0 aliphatic carbocycles. The third-order valence-corrected chi connectivity index (χ3v) is 4.89. The zero-order chi connectivity index (χ0) is 16.9. The number of amides is 1. The first-order valence-corrected chi connectivity index (χ1v) is 8.72. The summed E-state index contributed by atoms with van der Waals surface area (Å²) in [5, 5.41) is 5.93. The van der Waals surface area contributed by atoms with Gasteiger partial charge in [-0.3, -0.25) is 9.78 Å². The molecule has 0 radical (unpaired) electrons. The van der Waals surface area contributed by atoms with Gasteiger partial charge in [0.05, 0.1) is 5.69 Å². The Labute approximate surface area is 145 Å². The fraction of sp³-hybridized carbons (Fsp3) is 0.211. The maximum absolute atomic E-state index is 12.2. The predicted octanol–water partition coefficient (Wildman–Crippen LogP) is 4.39. The summed E-state index contributed by atoms with van der Waals surface area (Å²) >= 11 is 1.58. The Balaban J connectivity index is 1.59. The summed E-state index contributed by atoms with van der Waals surface area (Å²) in [5.74, 6) is 0.0135. The van der Waals surface area contributed by atoms with Crippen LogP contribution in [0.3, 0.4) is 0 Å². The number of aryl methyl sites for hydroxylation is 2. The number of benzene rings is 1. The first kappa shape index (κ1) is 16.3. The second-order valence-electron chi connectivity index (χ2n) is 5.68. The quantitative estimate of drug-likeness (QED) is 0.751. The van der Waals surface area contributed by atoms with Crippen LogP contribution in [0.5, 0.6) is 0 Å². The maximum Gasteiger partial charge on any atom is 0.224 e. The Morgan fingerprint density at radius 1 is 1.21 bits per heavy atom. The molecular weight excluding hydrogens is 318 g/mol. The van der Waals surface area contributed by atoms with E-state index >= 15 is 0 Å². The van der Waals surface area contributed by atoms with Gasteiger partial charge in [0, 0.05) is 35.4 Å². The van der Waals surface area contributed by atoms with E-state index in [0.717, 1.165) is 27.5 Å². The molecule has 0 spiro atoms. The molecular formula is C19H19N3OS. The first-order chi connectivity index (χ1) is 11.6. The molecule has 0 atom stereocenters.